The van der Waals surface area contributed by atoms with Crippen LogP contribution in [0.1, 0.15) is 5.89 Å². The van der Waals surface area contributed by atoms with Crippen LogP contribution < -0.4 is 0 Å². The van der Waals surface area contributed by atoms with Crippen LogP contribution >= 0.6 is 11.3 Å². The molecule has 11 heavy (non-hydrogen) atoms. The molecule has 2 aromatic heterocycles. The van der Waals surface area contributed by atoms with Gasteiger partial charge < -0.3 is 4.42 Å². The maximum atomic E-state index is 5.31. The molecule has 0 saturated carbocycles. The summed E-state index contributed by atoms with van der Waals surface area (Å²) in [7, 11) is 0. The molecule has 0 unspecified atom stereocenters. The normalized spacial score (nSPS) is 10.3. The van der Waals surface area contributed by atoms with Crippen LogP contribution in [0.4, 0.5) is 0 Å². The van der Waals surface area contributed by atoms with Crippen LogP contribution in [0.3, 0.4) is 0 Å². The van der Waals surface area contributed by atoms with E-state index in [1.807, 2.05) is 19.1 Å². The van der Waals surface area contributed by atoms with Crippen molar-refractivity contribution >= 4 is 11.3 Å². The van der Waals surface area contributed by atoms with E-state index in [9.17, 15) is 0 Å². The van der Waals surface area contributed by atoms with Gasteiger partial charge in [0, 0.05) is 12.3 Å². The molecule has 0 aliphatic carbocycles. The maximum Gasteiger partial charge on any atom is 0.191 e. The molecular weight excluding hydrogens is 158 g/mol. The van der Waals surface area contributed by atoms with E-state index in [1.54, 1.807) is 6.20 Å². The van der Waals surface area contributed by atoms with Crippen LogP contribution in [0.2, 0.25) is 0 Å². The Labute approximate surface area is 68.5 Å². The highest BCUT2D eigenvalue weighted by Crippen LogP contribution is 2.24. The third-order valence-corrected chi connectivity index (χ3v) is 2.15. The van der Waals surface area contributed by atoms with Gasteiger partial charge >= 0.3 is 0 Å². The van der Waals surface area contributed by atoms with Gasteiger partial charge in [-0.2, -0.15) is 0 Å². The summed E-state index contributed by atoms with van der Waals surface area (Å²) in [5.74, 6) is 1.53. The zero-order chi connectivity index (χ0) is 7.68. The van der Waals surface area contributed by atoms with E-state index in [2.05, 4.69) is 10.4 Å². The van der Waals surface area contributed by atoms with Crippen LogP contribution in [-0.2, 0) is 0 Å². The second-order valence-corrected chi connectivity index (χ2v) is 3.04. The van der Waals surface area contributed by atoms with E-state index in [1.165, 1.54) is 11.3 Å². The summed E-state index contributed by atoms with van der Waals surface area (Å²) >= 11 is 1.53. The van der Waals surface area contributed by atoms with Crippen LogP contribution in [-0.4, -0.2) is 4.98 Å². The molecule has 55 valence electrons. The van der Waals surface area contributed by atoms with Crippen molar-refractivity contribution in [3.8, 4) is 10.6 Å². The first-order chi connectivity index (χ1) is 5.36. The molecule has 0 aliphatic rings. The van der Waals surface area contributed by atoms with Gasteiger partial charge in [-0.05, 0) is 12.1 Å². The van der Waals surface area contributed by atoms with Gasteiger partial charge in [0.05, 0.1) is 11.1 Å². The Balaban J connectivity index is 2.45. The Kier molecular flexibility index (Phi) is 1.51. The molecule has 0 fully saturated rings. The minimum Gasteiger partial charge on any atom is -0.440 e. The lowest BCUT2D eigenvalue weighted by atomic mass is 10.4. The van der Waals surface area contributed by atoms with E-state index in [0.29, 0.717) is 5.89 Å². The van der Waals surface area contributed by atoms with Gasteiger partial charge in [0.25, 0.3) is 0 Å². The number of hydrogen-bond donors (Lipinski definition) is 0. The van der Waals surface area contributed by atoms with Crippen molar-refractivity contribution in [2.75, 3.05) is 0 Å². The number of oxazole rings is 1. The summed E-state index contributed by atoms with van der Waals surface area (Å²) in [6.07, 6.45) is 1.73. The quantitative estimate of drug-likeness (QED) is 0.647. The van der Waals surface area contributed by atoms with E-state index in [4.69, 9.17) is 4.42 Å². The average Bonchev–Trinajstić information content (AvgIpc) is 2.55. The molecule has 0 spiro atoms. The third-order valence-electron chi connectivity index (χ3n) is 1.34. The first-order valence-corrected chi connectivity index (χ1v) is 4.06. The smallest absolute Gasteiger partial charge is 0.191 e. The molecule has 0 amide bonds. The topological polar surface area (TPSA) is 26.0 Å². The molecule has 0 bridgehead atoms. The molecular formula is C8H6NOS. The maximum absolute atomic E-state index is 5.31. The van der Waals surface area contributed by atoms with E-state index in [-0.39, 0.29) is 0 Å². The number of nitrogens with zero attached hydrogens (tertiary/aromatic N) is 1. The van der Waals surface area contributed by atoms with Crippen LogP contribution in [0.25, 0.3) is 10.6 Å². The number of aromatic nitrogens is 1. The molecule has 2 aromatic rings. The van der Waals surface area contributed by atoms with Crippen molar-refractivity contribution in [1.29, 1.82) is 0 Å². The summed E-state index contributed by atoms with van der Waals surface area (Å²) in [6.45, 7) is 1.83. The lowest BCUT2D eigenvalue weighted by Crippen LogP contribution is -1.60. The third kappa shape index (κ3) is 1.19. The lowest BCUT2D eigenvalue weighted by molar-refractivity contribution is 0.535. The summed E-state index contributed by atoms with van der Waals surface area (Å²) in [5, 5.41) is 2.99. The molecule has 0 aromatic carbocycles. The molecule has 0 N–H and O–H groups in total. The molecule has 2 rings (SSSR count). The highest BCUT2D eigenvalue weighted by atomic mass is 32.1. The van der Waals surface area contributed by atoms with Crippen molar-refractivity contribution < 1.29 is 4.42 Å². The Morgan fingerprint density at radius 2 is 2.55 bits per heavy atom. The van der Waals surface area contributed by atoms with E-state index < -0.39 is 0 Å². The summed E-state index contributed by atoms with van der Waals surface area (Å²) in [5.41, 5.74) is 0. The monoisotopic (exact) mass is 164 g/mol. The van der Waals surface area contributed by atoms with Crippen molar-refractivity contribution in [2.24, 2.45) is 0 Å². The van der Waals surface area contributed by atoms with Gasteiger partial charge in [-0.25, -0.2) is 4.98 Å². The fourth-order valence-electron chi connectivity index (χ4n) is 0.849. The van der Waals surface area contributed by atoms with Crippen LogP contribution in [0, 0.1) is 12.3 Å². The molecule has 3 heteroatoms. The van der Waals surface area contributed by atoms with Gasteiger partial charge in [-0.3, -0.25) is 0 Å². The minimum absolute atomic E-state index is 0.702. The number of thiophene rings is 1. The van der Waals surface area contributed by atoms with Crippen LogP contribution in [0.15, 0.2) is 22.7 Å². The molecule has 0 aliphatic heterocycles. The van der Waals surface area contributed by atoms with Crippen molar-refractivity contribution in [3.05, 3.63) is 29.6 Å². The standard InChI is InChI=1S/C8H6NOS/c1-6-9-5-7(10-6)8-3-2-4-11-8/h2-3,5H,1H3. The Bertz CT molecular complexity index is 337. The lowest BCUT2D eigenvalue weighted by Gasteiger charge is -1.84. The Hall–Kier alpha value is -1.09. The van der Waals surface area contributed by atoms with Crippen LogP contribution in [0.5, 0.6) is 0 Å². The van der Waals surface area contributed by atoms with Crippen molar-refractivity contribution in [3.63, 3.8) is 0 Å². The van der Waals surface area contributed by atoms with Gasteiger partial charge in [0.2, 0.25) is 0 Å². The van der Waals surface area contributed by atoms with E-state index in [0.717, 1.165) is 10.6 Å². The second kappa shape index (κ2) is 2.51. The molecule has 2 nitrogen and oxygen atoms in total. The van der Waals surface area contributed by atoms with Gasteiger partial charge in [0.15, 0.2) is 11.7 Å². The van der Waals surface area contributed by atoms with Gasteiger partial charge in [0.1, 0.15) is 0 Å². The summed E-state index contributed by atoms with van der Waals surface area (Å²) < 4.78 is 5.31. The first-order valence-electron chi connectivity index (χ1n) is 3.25. The number of hydrogen-bond acceptors (Lipinski definition) is 3. The molecule has 0 atom stereocenters. The largest absolute Gasteiger partial charge is 0.440 e. The highest BCUT2D eigenvalue weighted by molar-refractivity contribution is 7.13. The molecule has 0 saturated heterocycles. The zero-order valence-electron chi connectivity index (χ0n) is 6.00. The number of aryl methyl sites for hydroxylation is 1. The van der Waals surface area contributed by atoms with Crippen molar-refractivity contribution in [2.45, 2.75) is 6.92 Å². The fourth-order valence-corrected chi connectivity index (χ4v) is 1.44. The number of rotatable bonds is 1. The SMILES string of the molecule is Cc1ncc(-c2cc[c]s2)o1. The second-order valence-electron chi connectivity index (χ2n) is 2.16. The van der Waals surface area contributed by atoms with Gasteiger partial charge in [-0.15, -0.1) is 11.3 Å². The minimum atomic E-state index is 0.702. The molecule has 2 heterocycles. The van der Waals surface area contributed by atoms with Crippen molar-refractivity contribution in [1.82, 2.24) is 4.98 Å². The Morgan fingerprint density at radius 3 is 3.09 bits per heavy atom. The summed E-state index contributed by atoms with van der Waals surface area (Å²) in [4.78, 5) is 5.07. The average molecular weight is 164 g/mol. The van der Waals surface area contributed by atoms with Gasteiger partial charge in [-0.1, -0.05) is 0 Å². The first kappa shape index (κ1) is 6.61. The Morgan fingerprint density at radius 1 is 1.64 bits per heavy atom. The summed E-state index contributed by atoms with van der Waals surface area (Å²) in [6, 6.07) is 3.84. The predicted octanol–water partition coefficient (Wildman–Crippen LogP) is 2.51. The fraction of sp³-hybridized carbons (Fsp3) is 0.125. The molecule has 1 radical (unpaired) electrons. The highest BCUT2D eigenvalue weighted by Gasteiger charge is 2.02. The zero-order valence-corrected chi connectivity index (χ0v) is 6.81. The predicted molar refractivity (Wildman–Crippen MR) is 43.4 cm³/mol. The van der Waals surface area contributed by atoms with E-state index >= 15 is 0 Å².